The van der Waals surface area contributed by atoms with Gasteiger partial charge in [0.2, 0.25) is 5.91 Å². The molecule has 5 rings (SSSR count). The minimum absolute atomic E-state index is 0.0729. The second-order valence-electron chi connectivity index (χ2n) is 10.3. The standard InChI is InChI=1S/C33H35N5O3S/c1-5-23-12-6-8-14-26(23)35-29(39)17-19-37-31(30(36-33(37)42)27-15-10-11-18-34-27)25-20-21(2)38(22(25)3)28-16-9-7-13-24(28)32(40)41-4/h6-16,18,20,30-31H,5,17,19H2,1-4H3,(H,35,39)(H,36,42)/t30-,31+/m0/s1. The van der Waals surface area contributed by atoms with E-state index in [1.54, 1.807) is 12.3 Å². The number of rotatable bonds is 9. The number of thiocarbonyl (C=S) groups is 1. The number of nitrogens with one attached hydrogen (secondary N) is 2. The molecule has 0 bridgehead atoms. The van der Waals surface area contributed by atoms with Gasteiger partial charge in [-0.3, -0.25) is 9.78 Å². The van der Waals surface area contributed by atoms with Crippen LogP contribution in [0.25, 0.3) is 5.69 Å². The quantitative estimate of drug-likeness (QED) is 0.190. The third-order valence-corrected chi connectivity index (χ3v) is 8.14. The van der Waals surface area contributed by atoms with Crippen LogP contribution in [-0.2, 0) is 16.0 Å². The van der Waals surface area contributed by atoms with Gasteiger partial charge in [-0.1, -0.05) is 43.3 Å². The van der Waals surface area contributed by atoms with E-state index in [-0.39, 0.29) is 24.4 Å². The lowest BCUT2D eigenvalue weighted by atomic mass is 9.96. The van der Waals surface area contributed by atoms with Gasteiger partial charge in [0.05, 0.1) is 36.1 Å². The number of aryl methyl sites for hydroxylation is 2. The van der Waals surface area contributed by atoms with Crippen LogP contribution in [0.1, 0.15) is 64.0 Å². The molecule has 0 unspecified atom stereocenters. The minimum atomic E-state index is -0.396. The second kappa shape index (κ2) is 12.6. The number of carbonyl (C=O) groups is 2. The minimum Gasteiger partial charge on any atom is -0.465 e. The Morgan fingerprint density at radius 2 is 1.79 bits per heavy atom. The first kappa shape index (κ1) is 29.0. The number of nitrogens with zero attached hydrogens (tertiary/aromatic N) is 3. The summed E-state index contributed by atoms with van der Waals surface area (Å²) in [5.41, 5.74) is 6.97. The summed E-state index contributed by atoms with van der Waals surface area (Å²) in [6.45, 7) is 6.55. The van der Waals surface area contributed by atoms with Crippen molar-refractivity contribution in [2.24, 2.45) is 0 Å². The molecule has 2 N–H and O–H groups in total. The number of anilines is 1. The Morgan fingerprint density at radius 3 is 2.52 bits per heavy atom. The third-order valence-electron chi connectivity index (χ3n) is 7.79. The molecule has 0 radical (unpaired) electrons. The van der Waals surface area contributed by atoms with Gasteiger partial charge in [0.15, 0.2) is 5.11 Å². The molecular weight excluding hydrogens is 546 g/mol. The number of hydrogen-bond donors (Lipinski definition) is 2. The van der Waals surface area contributed by atoms with E-state index in [9.17, 15) is 9.59 Å². The lowest BCUT2D eigenvalue weighted by Crippen LogP contribution is -2.33. The molecule has 1 fully saturated rings. The van der Waals surface area contributed by atoms with Crippen LogP contribution in [0.15, 0.2) is 79.0 Å². The van der Waals surface area contributed by atoms with Gasteiger partial charge in [-0.25, -0.2) is 4.79 Å². The SMILES string of the molecule is CCc1ccccc1NC(=O)CCN1C(=S)N[C@@H](c2ccccn2)[C@H]1c1cc(C)n(-c2ccccc2C(=O)OC)c1C. The van der Waals surface area contributed by atoms with Gasteiger partial charge in [0.25, 0.3) is 0 Å². The van der Waals surface area contributed by atoms with E-state index in [0.717, 1.165) is 46.0 Å². The maximum Gasteiger partial charge on any atom is 0.339 e. The first-order chi connectivity index (χ1) is 20.3. The number of hydrogen-bond acceptors (Lipinski definition) is 5. The predicted molar refractivity (Wildman–Crippen MR) is 168 cm³/mol. The molecule has 2 aromatic heterocycles. The number of esters is 1. The summed E-state index contributed by atoms with van der Waals surface area (Å²) in [7, 11) is 1.39. The summed E-state index contributed by atoms with van der Waals surface area (Å²) >= 11 is 5.85. The van der Waals surface area contributed by atoms with Crippen LogP contribution in [0, 0.1) is 13.8 Å². The molecule has 1 amide bonds. The fourth-order valence-corrected chi connectivity index (χ4v) is 6.11. The van der Waals surface area contributed by atoms with E-state index in [1.807, 2.05) is 74.5 Å². The zero-order valence-corrected chi connectivity index (χ0v) is 25.1. The van der Waals surface area contributed by atoms with Crippen LogP contribution in [0.2, 0.25) is 0 Å². The van der Waals surface area contributed by atoms with Gasteiger partial charge in [-0.2, -0.15) is 0 Å². The average Bonchev–Trinajstić information content (AvgIpc) is 3.50. The van der Waals surface area contributed by atoms with Crippen molar-refractivity contribution in [3.8, 4) is 5.69 Å². The van der Waals surface area contributed by atoms with Crippen LogP contribution in [-0.4, -0.2) is 45.1 Å². The molecule has 0 spiro atoms. The smallest absolute Gasteiger partial charge is 0.339 e. The highest BCUT2D eigenvalue weighted by Gasteiger charge is 2.41. The molecule has 42 heavy (non-hydrogen) atoms. The molecular formula is C33H35N5O3S. The largest absolute Gasteiger partial charge is 0.465 e. The summed E-state index contributed by atoms with van der Waals surface area (Å²) < 4.78 is 7.14. The number of pyridine rings is 1. The van der Waals surface area contributed by atoms with E-state index >= 15 is 0 Å². The molecule has 2 aromatic carbocycles. The van der Waals surface area contributed by atoms with E-state index in [1.165, 1.54) is 7.11 Å². The molecule has 0 aliphatic carbocycles. The van der Waals surface area contributed by atoms with Gasteiger partial charge in [0, 0.05) is 36.2 Å². The molecule has 9 heteroatoms. The third kappa shape index (κ3) is 5.65. The normalized spacial score (nSPS) is 16.3. The summed E-state index contributed by atoms with van der Waals surface area (Å²) in [5.74, 6) is -0.469. The maximum absolute atomic E-state index is 13.1. The number of ether oxygens (including phenoxy) is 1. The monoisotopic (exact) mass is 581 g/mol. The van der Waals surface area contributed by atoms with Crippen molar-refractivity contribution < 1.29 is 14.3 Å². The molecule has 4 aromatic rings. The van der Waals surface area contributed by atoms with Gasteiger partial charge in [-0.15, -0.1) is 0 Å². The van der Waals surface area contributed by atoms with E-state index in [4.69, 9.17) is 17.0 Å². The van der Waals surface area contributed by atoms with Crippen molar-refractivity contribution in [1.82, 2.24) is 19.8 Å². The molecule has 1 aliphatic rings. The first-order valence-electron chi connectivity index (χ1n) is 14.1. The predicted octanol–water partition coefficient (Wildman–Crippen LogP) is 5.84. The van der Waals surface area contributed by atoms with Crippen molar-refractivity contribution in [1.29, 1.82) is 0 Å². The van der Waals surface area contributed by atoms with Gasteiger partial charge in [0.1, 0.15) is 0 Å². The molecule has 2 atom stereocenters. The lowest BCUT2D eigenvalue weighted by Gasteiger charge is -2.28. The van der Waals surface area contributed by atoms with Gasteiger partial charge < -0.3 is 24.8 Å². The Kier molecular flexibility index (Phi) is 8.68. The number of methoxy groups -OCH3 is 1. The Labute approximate surface area is 251 Å². The average molecular weight is 582 g/mol. The topological polar surface area (TPSA) is 88.5 Å². The Hall–Kier alpha value is -4.50. The van der Waals surface area contributed by atoms with Gasteiger partial charge >= 0.3 is 5.97 Å². The van der Waals surface area contributed by atoms with Crippen molar-refractivity contribution in [3.63, 3.8) is 0 Å². The number of aromatic nitrogens is 2. The summed E-state index contributed by atoms with van der Waals surface area (Å²) in [5, 5.41) is 7.12. The van der Waals surface area contributed by atoms with Crippen molar-refractivity contribution in [3.05, 3.63) is 113 Å². The fraction of sp³-hybridized carbons (Fsp3) is 0.273. The van der Waals surface area contributed by atoms with Gasteiger partial charge in [-0.05, 0) is 80.0 Å². The fourth-order valence-electron chi connectivity index (χ4n) is 5.78. The summed E-state index contributed by atoms with van der Waals surface area (Å²) in [6, 6.07) is 22.8. The Balaban J connectivity index is 1.50. The molecule has 8 nitrogen and oxygen atoms in total. The molecule has 3 heterocycles. The van der Waals surface area contributed by atoms with E-state index < -0.39 is 5.97 Å². The first-order valence-corrected chi connectivity index (χ1v) is 14.5. The Bertz CT molecular complexity index is 1620. The molecule has 0 saturated carbocycles. The van der Waals surface area contributed by atoms with Crippen molar-refractivity contribution >= 4 is 34.9 Å². The lowest BCUT2D eigenvalue weighted by molar-refractivity contribution is -0.116. The number of amides is 1. The molecule has 1 saturated heterocycles. The highest BCUT2D eigenvalue weighted by Crippen LogP contribution is 2.41. The van der Waals surface area contributed by atoms with E-state index in [2.05, 4.69) is 38.1 Å². The molecule has 1 aliphatic heterocycles. The van der Waals surface area contributed by atoms with Crippen LogP contribution in [0.3, 0.4) is 0 Å². The summed E-state index contributed by atoms with van der Waals surface area (Å²) in [6.07, 6.45) is 2.86. The van der Waals surface area contributed by atoms with E-state index in [0.29, 0.717) is 17.2 Å². The van der Waals surface area contributed by atoms with Crippen LogP contribution < -0.4 is 10.6 Å². The van der Waals surface area contributed by atoms with Crippen LogP contribution in [0.5, 0.6) is 0 Å². The zero-order valence-electron chi connectivity index (χ0n) is 24.3. The number of benzene rings is 2. The van der Waals surface area contributed by atoms with Crippen molar-refractivity contribution in [2.75, 3.05) is 19.0 Å². The highest BCUT2D eigenvalue weighted by molar-refractivity contribution is 7.80. The van der Waals surface area contributed by atoms with Crippen LogP contribution >= 0.6 is 12.2 Å². The summed E-state index contributed by atoms with van der Waals surface area (Å²) in [4.78, 5) is 32.5. The highest BCUT2D eigenvalue weighted by atomic mass is 32.1. The van der Waals surface area contributed by atoms with Crippen LogP contribution in [0.4, 0.5) is 5.69 Å². The zero-order chi connectivity index (χ0) is 29.8. The maximum atomic E-state index is 13.1. The Morgan fingerprint density at radius 1 is 1.05 bits per heavy atom. The number of para-hydroxylation sites is 2. The second-order valence-corrected chi connectivity index (χ2v) is 10.7. The molecule has 216 valence electrons. The number of carbonyl (C=O) groups excluding carboxylic acids is 2. The van der Waals surface area contributed by atoms with Crippen molar-refractivity contribution in [2.45, 2.75) is 45.7 Å².